The molecule has 1 fully saturated rings. The third-order valence-corrected chi connectivity index (χ3v) is 5.09. The topological polar surface area (TPSA) is 66.8 Å². The fourth-order valence-corrected chi connectivity index (χ4v) is 3.74. The molecule has 0 aliphatic carbocycles. The summed E-state index contributed by atoms with van der Waals surface area (Å²) in [6.07, 6.45) is 5.70. The van der Waals surface area contributed by atoms with E-state index < -0.39 is 5.97 Å². The highest BCUT2D eigenvalue weighted by Gasteiger charge is 2.31. The van der Waals surface area contributed by atoms with E-state index in [0.29, 0.717) is 34.5 Å². The van der Waals surface area contributed by atoms with Crippen molar-refractivity contribution in [3.8, 4) is 5.75 Å². The third-order valence-electron chi connectivity index (χ3n) is 3.71. The van der Waals surface area contributed by atoms with Crippen molar-refractivity contribution in [1.29, 1.82) is 0 Å². The van der Waals surface area contributed by atoms with E-state index in [-0.39, 0.29) is 12.3 Å². The number of benzene rings is 1. The Morgan fingerprint density at radius 3 is 2.81 bits per heavy atom. The SMILES string of the molecule is C=CCOc1ccccc1C=C1SC(=S)N(CCCCCC(=O)O)C1=O. The van der Waals surface area contributed by atoms with Gasteiger partial charge in [-0.1, -0.05) is 61.3 Å². The van der Waals surface area contributed by atoms with Gasteiger partial charge in [0.1, 0.15) is 16.7 Å². The number of carbonyl (C=O) groups excluding carboxylic acids is 1. The number of rotatable bonds is 10. The van der Waals surface area contributed by atoms with E-state index in [0.717, 1.165) is 18.4 Å². The highest BCUT2D eigenvalue weighted by molar-refractivity contribution is 8.26. The average Bonchev–Trinajstić information content (AvgIpc) is 2.87. The van der Waals surface area contributed by atoms with Gasteiger partial charge in [-0.15, -0.1) is 0 Å². The molecule has 1 heterocycles. The molecule has 2 rings (SSSR count). The van der Waals surface area contributed by atoms with Crippen LogP contribution in [0.25, 0.3) is 6.08 Å². The highest BCUT2D eigenvalue weighted by Crippen LogP contribution is 2.34. The number of aliphatic carboxylic acids is 1. The van der Waals surface area contributed by atoms with E-state index in [2.05, 4.69) is 6.58 Å². The fourth-order valence-electron chi connectivity index (χ4n) is 2.44. The normalized spacial score (nSPS) is 15.5. The molecule has 1 saturated heterocycles. The predicted octanol–water partition coefficient (Wildman–Crippen LogP) is 4.10. The quantitative estimate of drug-likeness (QED) is 0.280. The highest BCUT2D eigenvalue weighted by atomic mass is 32.2. The number of hydrogen-bond acceptors (Lipinski definition) is 5. The lowest BCUT2D eigenvalue weighted by molar-refractivity contribution is -0.137. The number of carbonyl (C=O) groups is 2. The van der Waals surface area contributed by atoms with Crippen LogP contribution >= 0.6 is 24.0 Å². The van der Waals surface area contributed by atoms with Gasteiger partial charge in [0, 0.05) is 18.5 Å². The van der Waals surface area contributed by atoms with Crippen molar-refractivity contribution in [3.63, 3.8) is 0 Å². The van der Waals surface area contributed by atoms with E-state index in [1.54, 1.807) is 17.1 Å². The summed E-state index contributed by atoms with van der Waals surface area (Å²) in [5.41, 5.74) is 0.816. The molecule has 7 heteroatoms. The van der Waals surface area contributed by atoms with Crippen molar-refractivity contribution >= 4 is 46.3 Å². The molecule has 5 nitrogen and oxygen atoms in total. The number of para-hydroxylation sites is 1. The molecule has 0 bridgehead atoms. The van der Waals surface area contributed by atoms with E-state index in [1.807, 2.05) is 24.3 Å². The van der Waals surface area contributed by atoms with E-state index in [4.69, 9.17) is 22.1 Å². The van der Waals surface area contributed by atoms with Crippen LogP contribution in [0.15, 0.2) is 41.8 Å². The average molecular weight is 392 g/mol. The summed E-state index contributed by atoms with van der Waals surface area (Å²) in [7, 11) is 0. The molecular weight excluding hydrogens is 370 g/mol. The molecule has 0 aromatic heterocycles. The van der Waals surface area contributed by atoms with Crippen LogP contribution in [0.1, 0.15) is 31.2 Å². The molecule has 0 spiro atoms. The smallest absolute Gasteiger partial charge is 0.303 e. The maximum atomic E-state index is 12.6. The number of carboxylic acids is 1. The molecule has 1 aromatic rings. The molecule has 138 valence electrons. The van der Waals surface area contributed by atoms with Crippen LogP contribution in [0.2, 0.25) is 0 Å². The minimum atomic E-state index is -0.795. The first-order valence-electron chi connectivity index (χ1n) is 8.33. The lowest BCUT2D eigenvalue weighted by Crippen LogP contribution is -2.29. The lowest BCUT2D eigenvalue weighted by atomic mass is 10.1. The number of nitrogens with zero attached hydrogens (tertiary/aromatic N) is 1. The molecule has 0 atom stereocenters. The Bertz CT molecular complexity index is 730. The van der Waals surface area contributed by atoms with E-state index >= 15 is 0 Å². The fraction of sp³-hybridized carbons (Fsp3) is 0.316. The molecule has 0 radical (unpaired) electrons. The number of ether oxygens (including phenoxy) is 1. The van der Waals surface area contributed by atoms with Crippen LogP contribution < -0.4 is 4.74 Å². The van der Waals surface area contributed by atoms with Gasteiger partial charge >= 0.3 is 5.97 Å². The Morgan fingerprint density at radius 2 is 2.08 bits per heavy atom. The van der Waals surface area contributed by atoms with Gasteiger partial charge < -0.3 is 9.84 Å². The zero-order valence-electron chi connectivity index (χ0n) is 14.3. The van der Waals surface area contributed by atoms with Crippen molar-refractivity contribution < 1.29 is 19.4 Å². The molecule has 1 aliphatic rings. The van der Waals surface area contributed by atoms with Crippen molar-refractivity contribution in [2.75, 3.05) is 13.2 Å². The molecule has 0 unspecified atom stereocenters. The van der Waals surface area contributed by atoms with E-state index in [1.165, 1.54) is 11.8 Å². The summed E-state index contributed by atoms with van der Waals surface area (Å²) in [5.74, 6) is -0.223. The van der Waals surface area contributed by atoms with Crippen LogP contribution in [-0.4, -0.2) is 39.4 Å². The van der Waals surface area contributed by atoms with Crippen LogP contribution in [0.4, 0.5) is 0 Å². The van der Waals surface area contributed by atoms with Crippen molar-refractivity contribution in [2.24, 2.45) is 0 Å². The van der Waals surface area contributed by atoms with Crippen molar-refractivity contribution in [3.05, 3.63) is 47.4 Å². The Hall–Kier alpha value is -2.12. The first kappa shape index (κ1) is 20.2. The summed E-state index contributed by atoms with van der Waals surface area (Å²) < 4.78 is 6.15. The summed E-state index contributed by atoms with van der Waals surface area (Å²) >= 11 is 6.60. The summed E-state index contributed by atoms with van der Waals surface area (Å²) in [6, 6.07) is 7.49. The van der Waals surface area contributed by atoms with Gasteiger partial charge in [0.15, 0.2) is 0 Å². The second-order valence-electron chi connectivity index (χ2n) is 5.68. The van der Waals surface area contributed by atoms with E-state index in [9.17, 15) is 9.59 Å². The van der Waals surface area contributed by atoms with Gasteiger partial charge in [0.25, 0.3) is 5.91 Å². The zero-order chi connectivity index (χ0) is 18.9. The Balaban J connectivity index is 2.00. The molecule has 1 aliphatic heterocycles. The van der Waals surface area contributed by atoms with Gasteiger partial charge in [0.2, 0.25) is 0 Å². The summed E-state index contributed by atoms with van der Waals surface area (Å²) in [6.45, 7) is 4.54. The minimum Gasteiger partial charge on any atom is -0.489 e. The largest absolute Gasteiger partial charge is 0.489 e. The molecule has 1 aromatic carbocycles. The molecule has 0 saturated carbocycles. The molecule has 1 amide bonds. The van der Waals surface area contributed by atoms with Gasteiger partial charge in [0.05, 0.1) is 4.91 Å². The van der Waals surface area contributed by atoms with Crippen molar-refractivity contribution in [1.82, 2.24) is 4.90 Å². The molecule has 26 heavy (non-hydrogen) atoms. The summed E-state index contributed by atoms with van der Waals surface area (Å²) in [4.78, 5) is 25.3. The Kier molecular flexibility index (Phi) is 7.87. The number of unbranched alkanes of at least 4 members (excludes halogenated alkanes) is 2. The maximum absolute atomic E-state index is 12.6. The summed E-state index contributed by atoms with van der Waals surface area (Å²) in [5, 5.41) is 8.65. The number of hydrogen-bond donors (Lipinski definition) is 1. The van der Waals surface area contributed by atoms with Crippen LogP contribution in [0, 0.1) is 0 Å². The second kappa shape index (κ2) is 10.1. The van der Waals surface area contributed by atoms with Crippen molar-refractivity contribution in [2.45, 2.75) is 25.7 Å². The third kappa shape index (κ3) is 5.71. The van der Waals surface area contributed by atoms with Gasteiger partial charge in [-0.2, -0.15) is 0 Å². The monoisotopic (exact) mass is 391 g/mol. The number of thiocarbonyl (C=S) groups is 1. The van der Waals surface area contributed by atoms with Gasteiger partial charge in [-0.3, -0.25) is 14.5 Å². The number of thioether (sulfide) groups is 1. The molecule has 1 N–H and O–H groups in total. The first-order chi connectivity index (χ1) is 12.5. The standard InChI is InChI=1S/C19H21NO4S2/c1-2-12-24-15-9-6-5-8-14(15)13-16-18(23)20(19(25)26-16)11-7-3-4-10-17(21)22/h2,5-6,8-9,13H,1,3-4,7,10-12H2,(H,21,22). The predicted molar refractivity (Wildman–Crippen MR) is 108 cm³/mol. The minimum absolute atomic E-state index is 0.114. The van der Waals surface area contributed by atoms with Crippen LogP contribution in [-0.2, 0) is 9.59 Å². The lowest BCUT2D eigenvalue weighted by Gasteiger charge is -2.13. The zero-order valence-corrected chi connectivity index (χ0v) is 16.0. The first-order valence-corrected chi connectivity index (χ1v) is 9.55. The molecular formula is C19H21NO4S2. The van der Waals surface area contributed by atoms with Crippen LogP contribution in [0.3, 0.4) is 0 Å². The van der Waals surface area contributed by atoms with Crippen LogP contribution in [0.5, 0.6) is 5.75 Å². The second-order valence-corrected chi connectivity index (χ2v) is 7.35. The van der Waals surface area contributed by atoms with Gasteiger partial charge in [-0.05, 0) is 25.0 Å². The Morgan fingerprint density at radius 1 is 1.31 bits per heavy atom. The number of carboxylic acid groups (broad SMARTS) is 1. The Labute approximate surface area is 162 Å². The number of amides is 1. The van der Waals surface area contributed by atoms with Gasteiger partial charge in [-0.25, -0.2) is 0 Å². The maximum Gasteiger partial charge on any atom is 0.303 e.